The highest BCUT2D eigenvalue weighted by Gasteiger charge is 2.18. The molecule has 0 N–H and O–H groups in total. The molecule has 0 unspecified atom stereocenters. The predicted molar refractivity (Wildman–Crippen MR) is 101 cm³/mol. The summed E-state index contributed by atoms with van der Waals surface area (Å²) in [6.07, 6.45) is 0. The van der Waals surface area contributed by atoms with Crippen molar-refractivity contribution in [1.82, 2.24) is 19.7 Å². The normalized spacial score (nSPS) is 10.8. The van der Waals surface area contributed by atoms with E-state index in [1.54, 1.807) is 10.1 Å². The summed E-state index contributed by atoms with van der Waals surface area (Å²) >= 11 is 1.33. The molecule has 0 fully saturated rings. The smallest absolute Gasteiger partial charge is 0.299 e. The first-order chi connectivity index (χ1) is 12.7. The highest BCUT2D eigenvalue weighted by molar-refractivity contribution is 7.12. The van der Waals surface area contributed by atoms with Gasteiger partial charge >= 0.3 is 0 Å². The molecule has 0 aliphatic rings. The Morgan fingerprint density at radius 3 is 2.65 bits per heavy atom. The molecule has 0 saturated carbocycles. The highest BCUT2D eigenvalue weighted by atomic mass is 32.1. The average molecular weight is 365 g/mol. The predicted octanol–water partition coefficient (Wildman–Crippen LogP) is 3.15. The third-order valence-electron chi connectivity index (χ3n) is 3.84. The molecule has 0 bridgehead atoms. The molecule has 0 saturated heterocycles. The van der Waals surface area contributed by atoms with Crippen LogP contribution in [0.25, 0.3) is 27.4 Å². The van der Waals surface area contributed by atoms with Crippen LogP contribution in [-0.4, -0.2) is 40.3 Å². The van der Waals surface area contributed by atoms with Gasteiger partial charge in [0, 0.05) is 25.0 Å². The minimum absolute atomic E-state index is 0.244. The summed E-state index contributed by atoms with van der Waals surface area (Å²) in [6, 6.07) is 13.9. The van der Waals surface area contributed by atoms with Crippen molar-refractivity contribution in [3.05, 3.63) is 47.8 Å². The van der Waals surface area contributed by atoms with Gasteiger partial charge in [-0.1, -0.05) is 41.7 Å². The first-order valence-corrected chi connectivity index (χ1v) is 8.74. The molecule has 0 amide bonds. The quantitative estimate of drug-likeness (QED) is 0.506. The minimum Gasteiger partial charge on any atom is -0.409 e. The van der Waals surface area contributed by atoms with Crippen molar-refractivity contribution in [2.45, 2.75) is 0 Å². The molecule has 3 aromatic heterocycles. The van der Waals surface area contributed by atoms with Crippen LogP contribution in [0.1, 0.15) is 0 Å². The zero-order valence-corrected chi connectivity index (χ0v) is 15.0. The maximum absolute atomic E-state index is 10.5. The zero-order chi connectivity index (χ0) is 18.1. The van der Waals surface area contributed by atoms with E-state index in [4.69, 9.17) is 14.8 Å². The Morgan fingerprint density at radius 2 is 1.92 bits per heavy atom. The Balaban J connectivity index is 1.95. The fourth-order valence-corrected chi connectivity index (χ4v) is 3.31. The summed E-state index contributed by atoms with van der Waals surface area (Å²) in [5.41, 5.74) is 2.52. The molecule has 4 aromatic rings. The van der Waals surface area contributed by atoms with Crippen LogP contribution in [0.3, 0.4) is 0 Å². The van der Waals surface area contributed by atoms with Gasteiger partial charge in [-0.3, -0.25) is 4.79 Å². The molecule has 8 heteroatoms. The summed E-state index contributed by atoms with van der Waals surface area (Å²) in [6.45, 7) is 0.359. The first-order valence-electron chi connectivity index (χ1n) is 7.86. The number of rotatable bonds is 5. The molecule has 3 heterocycles. The van der Waals surface area contributed by atoms with Crippen LogP contribution >= 0.6 is 11.3 Å². The van der Waals surface area contributed by atoms with Crippen molar-refractivity contribution < 1.29 is 9.53 Å². The largest absolute Gasteiger partial charge is 0.409 e. The van der Waals surface area contributed by atoms with Crippen LogP contribution < -0.4 is 9.64 Å². The van der Waals surface area contributed by atoms with Gasteiger partial charge in [0.25, 0.3) is 6.47 Å². The van der Waals surface area contributed by atoms with Crippen LogP contribution in [0.15, 0.2) is 47.8 Å². The second-order valence-corrected chi connectivity index (χ2v) is 6.58. The molecular formula is C18H15N5O2S. The molecule has 130 valence electrons. The molecule has 4 rings (SSSR count). The van der Waals surface area contributed by atoms with Crippen LogP contribution in [0.4, 0.5) is 5.82 Å². The Kier molecular flexibility index (Phi) is 4.10. The van der Waals surface area contributed by atoms with Gasteiger partial charge < -0.3 is 9.64 Å². The summed E-state index contributed by atoms with van der Waals surface area (Å²) in [5.74, 6) is 1.06. The number of nitrogens with zero attached hydrogens (tertiary/aromatic N) is 5. The SMILES string of the molecule is CN(C)c1ccc2c(-c3ccccc3)nn(-c3nc(OC=O)cs3)c2n1. The van der Waals surface area contributed by atoms with Gasteiger partial charge in [0.05, 0.1) is 5.38 Å². The van der Waals surface area contributed by atoms with E-state index < -0.39 is 0 Å². The molecule has 0 atom stereocenters. The van der Waals surface area contributed by atoms with Crippen LogP contribution in [0, 0.1) is 0 Å². The number of aromatic nitrogens is 4. The number of hydrogen-bond donors (Lipinski definition) is 0. The lowest BCUT2D eigenvalue weighted by molar-refractivity contribution is -0.120. The third kappa shape index (κ3) is 2.80. The van der Waals surface area contributed by atoms with Crippen molar-refractivity contribution in [3.63, 3.8) is 0 Å². The molecule has 1 aromatic carbocycles. The summed E-state index contributed by atoms with van der Waals surface area (Å²) in [5, 5.41) is 7.91. The number of pyridine rings is 1. The molecule has 7 nitrogen and oxygen atoms in total. The van der Waals surface area contributed by atoms with E-state index in [2.05, 4.69) is 4.98 Å². The second kappa shape index (κ2) is 6.57. The van der Waals surface area contributed by atoms with Gasteiger partial charge in [-0.05, 0) is 12.1 Å². The van der Waals surface area contributed by atoms with E-state index in [0.29, 0.717) is 17.3 Å². The number of thiazole rings is 1. The van der Waals surface area contributed by atoms with Crippen molar-refractivity contribution >= 4 is 34.7 Å². The fraction of sp³-hybridized carbons (Fsp3) is 0.111. The number of benzene rings is 1. The lowest BCUT2D eigenvalue weighted by Gasteiger charge is -2.10. The maximum Gasteiger partial charge on any atom is 0.299 e. The van der Waals surface area contributed by atoms with E-state index in [9.17, 15) is 4.79 Å². The maximum atomic E-state index is 10.5. The first kappa shape index (κ1) is 16.2. The summed E-state index contributed by atoms with van der Waals surface area (Å²) in [4.78, 5) is 21.5. The van der Waals surface area contributed by atoms with E-state index in [1.165, 1.54) is 11.3 Å². The molecule has 26 heavy (non-hydrogen) atoms. The van der Waals surface area contributed by atoms with Crippen LogP contribution in [0.2, 0.25) is 0 Å². The third-order valence-corrected chi connectivity index (χ3v) is 4.64. The topological polar surface area (TPSA) is 73.1 Å². The standard InChI is InChI=1S/C18H15N5O2S/c1-22(2)14-9-8-13-16(12-6-4-3-5-7-12)21-23(17(13)19-14)18-20-15(10-26-18)25-11-24/h3-11H,1-2H3. The van der Waals surface area contributed by atoms with Gasteiger partial charge in [0.1, 0.15) is 11.5 Å². The van der Waals surface area contributed by atoms with Gasteiger partial charge in [0.2, 0.25) is 11.0 Å². The van der Waals surface area contributed by atoms with E-state index in [-0.39, 0.29) is 5.88 Å². The lowest BCUT2D eigenvalue weighted by Crippen LogP contribution is -2.10. The Hall–Kier alpha value is -3.26. The van der Waals surface area contributed by atoms with Crippen molar-refractivity contribution in [2.75, 3.05) is 19.0 Å². The Morgan fingerprint density at radius 1 is 1.12 bits per heavy atom. The molecule has 0 aliphatic heterocycles. The Labute approximate surface area is 153 Å². The number of carbonyl (C=O) groups is 1. The van der Waals surface area contributed by atoms with E-state index >= 15 is 0 Å². The van der Waals surface area contributed by atoms with Crippen LogP contribution in [0.5, 0.6) is 5.88 Å². The Bertz CT molecular complexity index is 1070. The molecular weight excluding hydrogens is 350 g/mol. The number of fused-ring (bicyclic) bond motifs is 1. The average Bonchev–Trinajstić information content (AvgIpc) is 3.26. The van der Waals surface area contributed by atoms with Crippen molar-refractivity contribution in [2.24, 2.45) is 0 Å². The molecule has 0 radical (unpaired) electrons. The summed E-state index contributed by atoms with van der Waals surface area (Å²) < 4.78 is 6.51. The number of carbonyl (C=O) groups excluding carboxylic acids is 1. The monoisotopic (exact) mass is 365 g/mol. The molecule has 0 aliphatic carbocycles. The van der Waals surface area contributed by atoms with Crippen LogP contribution in [-0.2, 0) is 4.79 Å². The summed E-state index contributed by atoms with van der Waals surface area (Å²) in [7, 11) is 3.87. The van der Waals surface area contributed by atoms with E-state index in [1.807, 2.05) is 61.5 Å². The molecule has 0 spiro atoms. The number of anilines is 1. The fourth-order valence-electron chi connectivity index (χ4n) is 2.63. The van der Waals surface area contributed by atoms with E-state index in [0.717, 1.165) is 22.5 Å². The lowest BCUT2D eigenvalue weighted by atomic mass is 10.1. The van der Waals surface area contributed by atoms with Gasteiger partial charge in [0.15, 0.2) is 5.65 Å². The second-order valence-electron chi connectivity index (χ2n) is 5.74. The minimum atomic E-state index is 0.244. The van der Waals surface area contributed by atoms with Crippen molar-refractivity contribution in [3.8, 4) is 22.3 Å². The number of hydrogen-bond acceptors (Lipinski definition) is 7. The van der Waals surface area contributed by atoms with Gasteiger partial charge in [-0.15, -0.1) is 0 Å². The van der Waals surface area contributed by atoms with Crippen molar-refractivity contribution in [1.29, 1.82) is 0 Å². The van der Waals surface area contributed by atoms with Gasteiger partial charge in [-0.25, -0.2) is 4.98 Å². The zero-order valence-electron chi connectivity index (χ0n) is 14.2. The number of ether oxygens (including phenoxy) is 1. The van der Waals surface area contributed by atoms with Gasteiger partial charge in [-0.2, -0.15) is 14.8 Å². The highest BCUT2D eigenvalue weighted by Crippen LogP contribution is 2.31.